The Hall–Kier alpha value is -1.05. The average molecular weight is 378 g/mol. The molecule has 112 valence electrons. The lowest BCUT2D eigenvalue weighted by Gasteiger charge is -2.16. The summed E-state index contributed by atoms with van der Waals surface area (Å²) < 4.78 is 39.5. The van der Waals surface area contributed by atoms with Crippen LogP contribution in [0.3, 0.4) is 0 Å². The fraction of sp³-hybridized carbons (Fsp3) is 0.214. The molecule has 2 nitrogen and oxygen atoms in total. The number of rotatable bonds is 4. The highest BCUT2D eigenvalue weighted by Gasteiger charge is 2.34. The number of nitrogens with zero attached hydrogens (tertiary/aromatic N) is 1. The van der Waals surface area contributed by atoms with Crippen molar-refractivity contribution >= 4 is 27.7 Å². The molecule has 0 aliphatic carbocycles. The van der Waals surface area contributed by atoms with Crippen molar-refractivity contribution in [2.24, 2.45) is 0 Å². The van der Waals surface area contributed by atoms with Crippen LogP contribution in [-0.4, -0.2) is 15.8 Å². The quantitative estimate of drug-likeness (QED) is 0.784. The number of aromatic nitrogens is 1. The number of benzene rings is 1. The second-order valence-electron chi connectivity index (χ2n) is 4.22. The summed E-state index contributed by atoms with van der Waals surface area (Å²) in [4.78, 5) is 4.53. The molecule has 0 aliphatic rings. The number of aliphatic hydroxyl groups excluding tert-OH is 1. The number of alkyl halides is 3. The monoisotopic (exact) mass is 377 g/mol. The molecule has 0 fully saturated rings. The predicted molar refractivity (Wildman–Crippen MR) is 79.1 cm³/mol. The van der Waals surface area contributed by atoms with Gasteiger partial charge in [-0.2, -0.15) is 13.2 Å². The summed E-state index contributed by atoms with van der Waals surface area (Å²) in [7, 11) is 0. The maximum Gasteiger partial charge on any atom is 0.416 e. The van der Waals surface area contributed by atoms with E-state index < -0.39 is 17.8 Å². The van der Waals surface area contributed by atoms with Gasteiger partial charge in [0.2, 0.25) is 0 Å². The Morgan fingerprint density at radius 3 is 2.62 bits per heavy atom. The van der Waals surface area contributed by atoms with E-state index in [0.29, 0.717) is 0 Å². The SMILES string of the molecule is OC(CSc1ccccc1Br)c1cnccc1C(F)(F)F. The third kappa shape index (κ3) is 4.21. The third-order valence-corrected chi connectivity index (χ3v) is 4.85. The Labute approximate surface area is 132 Å². The number of hydrogen-bond acceptors (Lipinski definition) is 3. The molecule has 0 saturated heterocycles. The molecule has 1 aromatic heterocycles. The molecular formula is C14H11BrF3NOS. The largest absolute Gasteiger partial charge is 0.416 e. The summed E-state index contributed by atoms with van der Waals surface area (Å²) in [5, 5.41) is 10.0. The molecule has 1 aromatic carbocycles. The van der Waals surface area contributed by atoms with Crippen LogP contribution in [-0.2, 0) is 6.18 Å². The lowest BCUT2D eigenvalue weighted by Crippen LogP contribution is -2.13. The summed E-state index contributed by atoms with van der Waals surface area (Å²) in [5.41, 5.74) is -1.05. The maximum atomic E-state index is 12.9. The second kappa shape index (κ2) is 6.81. The first-order valence-corrected chi connectivity index (χ1v) is 7.74. The van der Waals surface area contributed by atoms with E-state index in [1.54, 1.807) is 0 Å². The molecule has 1 heterocycles. The average Bonchev–Trinajstić information content (AvgIpc) is 2.45. The van der Waals surface area contributed by atoms with Gasteiger partial charge in [0, 0.05) is 33.1 Å². The van der Waals surface area contributed by atoms with Crippen molar-refractivity contribution in [1.29, 1.82) is 0 Å². The molecule has 0 saturated carbocycles. The minimum Gasteiger partial charge on any atom is -0.387 e. The van der Waals surface area contributed by atoms with Crippen molar-refractivity contribution < 1.29 is 18.3 Å². The second-order valence-corrected chi connectivity index (χ2v) is 6.13. The van der Waals surface area contributed by atoms with Gasteiger partial charge in [0.05, 0.1) is 11.7 Å². The zero-order chi connectivity index (χ0) is 15.5. The Bertz CT molecular complexity index is 621. The van der Waals surface area contributed by atoms with Gasteiger partial charge in [0.15, 0.2) is 0 Å². The number of halogens is 4. The molecule has 1 N–H and O–H groups in total. The fourth-order valence-corrected chi connectivity index (χ4v) is 3.28. The van der Waals surface area contributed by atoms with Crippen LogP contribution < -0.4 is 0 Å². The molecule has 2 aromatic rings. The highest BCUT2D eigenvalue weighted by atomic mass is 79.9. The predicted octanol–water partition coefficient (Wildman–Crippen LogP) is 4.69. The van der Waals surface area contributed by atoms with Crippen LogP contribution in [0.25, 0.3) is 0 Å². The highest BCUT2D eigenvalue weighted by molar-refractivity contribution is 9.10. The van der Waals surface area contributed by atoms with E-state index in [0.717, 1.165) is 27.8 Å². The van der Waals surface area contributed by atoms with Crippen LogP contribution in [0.15, 0.2) is 52.1 Å². The lowest BCUT2D eigenvalue weighted by molar-refractivity contribution is -0.139. The minimum atomic E-state index is -4.50. The fourth-order valence-electron chi connectivity index (χ4n) is 1.75. The van der Waals surface area contributed by atoms with Gasteiger partial charge in [0.25, 0.3) is 0 Å². The number of aliphatic hydroxyl groups is 1. The maximum absolute atomic E-state index is 12.9. The third-order valence-electron chi connectivity index (χ3n) is 2.75. The van der Waals surface area contributed by atoms with Crippen molar-refractivity contribution in [2.45, 2.75) is 17.2 Å². The van der Waals surface area contributed by atoms with E-state index in [2.05, 4.69) is 20.9 Å². The van der Waals surface area contributed by atoms with Crippen molar-refractivity contribution in [3.05, 3.63) is 58.3 Å². The first kappa shape index (κ1) is 16.3. The van der Waals surface area contributed by atoms with Gasteiger partial charge in [-0.05, 0) is 34.1 Å². The van der Waals surface area contributed by atoms with E-state index in [9.17, 15) is 18.3 Å². The van der Waals surface area contributed by atoms with Gasteiger partial charge in [0.1, 0.15) is 0 Å². The van der Waals surface area contributed by atoms with Crippen LogP contribution in [0.5, 0.6) is 0 Å². The molecular weight excluding hydrogens is 367 g/mol. The zero-order valence-corrected chi connectivity index (χ0v) is 13.0. The van der Waals surface area contributed by atoms with Gasteiger partial charge in [-0.25, -0.2) is 0 Å². The van der Waals surface area contributed by atoms with Crippen molar-refractivity contribution in [2.75, 3.05) is 5.75 Å². The van der Waals surface area contributed by atoms with Crippen LogP contribution in [0.1, 0.15) is 17.2 Å². The lowest BCUT2D eigenvalue weighted by atomic mass is 10.1. The van der Waals surface area contributed by atoms with Crippen LogP contribution in [0, 0.1) is 0 Å². The molecule has 0 aliphatic heterocycles. The van der Waals surface area contributed by atoms with E-state index in [4.69, 9.17) is 0 Å². The van der Waals surface area contributed by atoms with Crippen molar-refractivity contribution in [3.8, 4) is 0 Å². The first-order valence-electron chi connectivity index (χ1n) is 5.96. The van der Waals surface area contributed by atoms with Crippen molar-refractivity contribution in [1.82, 2.24) is 4.98 Å². The highest BCUT2D eigenvalue weighted by Crippen LogP contribution is 2.36. The van der Waals surface area contributed by atoms with Crippen molar-refractivity contribution in [3.63, 3.8) is 0 Å². The Morgan fingerprint density at radius 2 is 1.95 bits per heavy atom. The van der Waals surface area contributed by atoms with Gasteiger partial charge in [-0.1, -0.05) is 12.1 Å². The Kier molecular flexibility index (Phi) is 5.29. The van der Waals surface area contributed by atoms with Crippen LogP contribution >= 0.6 is 27.7 Å². The molecule has 1 atom stereocenters. The summed E-state index contributed by atoms with van der Waals surface area (Å²) in [6.07, 6.45) is -3.61. The molecule has 2 rings (SSSR count). The molecule has 0 radical (unpaired) electrons. The zero-order valence-electron chi connectivity index (χ0n) is 10.6. The Morgan fingerprint density at radius 1 is 1.24 bits per heavy atom. The van der Waals surface area contributed by atoms with E-state index >= 15 is 0 Å². The Balaban J connectivity index is 2.15. The molecule has 0 bridgehead atoms. The molecule has 7 heteroatoms. The van der Waals surface area contributed by atoms with Gasteiger partial charge in [-0.15, -0.1) is 11.8 Å². The number of pyridine rings is 1. The summed E-state index contributed by atoms with van der Waals surface area (Å²) >= 11 is 4.63. The van der Waals surface area contributed by atoms with Gasteiger partial charge >= 0.3 is 6.18 Å². The minimum absolute atomic E-state index is 0.109. The first-order chi connectivity index (χ1) is 9.89. The molecule has 0 amide bonds. The summed E-state index contributed by atoms with van der Waals surface area (Å²) in [6, 6.07) is 8.20. The molecule has 1 unspecified atom stereocenters. The number of thioether (sulfide) groups is 1. The van der Waals surface area contributed by atoms with E-state index in [1.165, 1.54) is 11.8 Å². The van der Waals surface area contributed by atoms with E-state index in [1.807, 2.05) is 24.3 Å². The molecule has 0 spiro atoms. The number of hydrogen-bond donors (Lipinski definition) is 1. The topological polar surface area (TPSA) is 33.1 Å². The smallest absolute Gasteiger partial charge is 0.387 e. The summed E-state index contributed by atoms with van der Waals surface area (Å²) in [5.74, 6) is 0.109. The standard InChI is InChI=1S/C14H11BrF3NOS/c15-11-3-1-2-4-13(11)21-8-12(20)9-7-19-6-5-10(9)14(16,17)18/h1-7,12,20H,8H2. The van der Waals surface area contributed by atoms with Crippen LogP contribution in [0.4, 0.5) is 13.2 Å². The van der Waals surface area contributed by atoms with E-state index in [-0.39, 0.29) is 11.3 Å². The normalized spacial score (nSPS) is 13.2. The van der Waals surface area contributed by atoms with Gasteiger partial charge < -0.3 is 5.11 Å². The molecule has 21 heavy (non-hydrogen) atoms. The summed E-state index contributed by atoms with van der Waals surface area (Å²) in [6.45, 7) is 0. The van der Waals surface area contributed by atoms with Gasteiger partial charge in [-0.3, -0.25) is 4.98 Å². The van der Waals surface area contributed by atoms with Crippen LogP contribution in [0.2, 0.25) is 0 Å².